The minimum absolute atomic E-state index is 0.139. The molecule has 0 bridgehead atoms. The van der Waals surface area contributed by atoms with Gasteiger partial charge in [-0.15, -0.1) is 6.42 Å². The van der Waals surface area contributed by atoms with Gasteiger partial charge in [0.05, 0.1) is 18.0 Å². The largest absolute Gasteiger partial charge is 0.491 e. The van der Waals surface area contributed by atoms with E-state index in [1.807, 2.05) is 6.07 Å². The first-order chi connectivity index (χ1) is 17.3. The molecule has 188 valence electrons. The number of allylic oxidation sites excluding steroid dienone is 3. The highest BCUT2D eigenvalue weighted by molar-refractivity contribution is 6.10. The number of amides is 1. The van der Waals surface area contributed by atoms with Gasteiger partial charge in [-0.25, -0.2) is 0 Å². The topological polar surface area (TPSA) is 119 Å². The number of hydrogen-bond acceptors (Lipinski definition) is 6. The van der Waals surface area contributed by atoms with Crippen LogP contribution in [0.3, 0.4) is 0 Å². The minimum Gasteiger partial charge on any atom is -0.491 e. The summed E-state index contributed by atoms with van der Waals surface area (Å²) in [6.45, 7) is 0.543. The molecule has 0 aliphatic heterocycles. The molecule has 3 fully saturated rings. The van der Waals surface area contributed by atoms with Gasteiger partial charge in [-0.3, -0.25) is 10.0 Å². The van der Waals surface area contributed by atoms with Crippen LogP contribution in [0.25, 0.3) is 0 Å². The molecular formula is C28H33N4O4+. The SMILES string of the molecule is C#C[C@]1(O)CC[C@H](N/C=C2/C=C(NC(=O)c3cccc(C4CC4)[n+]3O)C(OCC3CC3)=CC2=N)CC1. The first-order valence-corrected chi connectivity index (χ1v) is 12.7. The first-order valence-electron chi connectivity index (χ1n) is 12.7. The van der Waals surface area contributed by atoms with Crippen LogP contribution in [-0.4, -0.2) is 40.2 Å². The van der Waals surface area contributed by atoms with Gasteiger partial charge in [0.2, 0.25) is 5.69 Å². The predicted octanol–water partition coefficient (Wildman–Crippen LogP) is 2.83. The van der Waals surface area contributed by atoms with Crippen molar-refractivity contribution >= 4 is 11.6 Å². The van der Waals surface area contributed by atoms with Crippen molar-refractivity contribution < 1.29 is 24.6 Å². The molecule has 1 heterocycles. The molecule has 0 saturated heterocycles. The van der Waals surface area contributed by atoms with E-state index in [2.05, 4.69) is 16.6 Å². The number of terminal acetylenes is 1. The Morgan fingerprint density at radius 3 is 2.64 bits per heavy atom. The number of pyridine rings is 1. The van der Waals surface area contributed by atoms with E-state index in [4.69, 9.17) is 16.6 Å². The van der Waals surface area contributed by atoms with E-state index >= 15 is 0 Å². The van der Waals surface area contributed by atoms with Crippen LogP contribution in [0, 0.1) is 23.7 Å². The number of ether oxygens (including phenoxy) is 1. The highest BCUT2D eigenvalue weighted by Crippen LogP contribution is 2.38. The monoisotopic (exact) mass is 489 g/mol. The number of carbonyl (C=O) groups excluding carboxylic acids is 1. The molecule has 5 N–H and O–H groups in total. The summed E-state index contributed by atoms with van der Waals surface area (Å²) in [5.74, 6) is 3.27. The van der Waals surface area contributed by atoms with Crippen molar-refractivity contribution in [2.45, 2.75) is 68.9 Å². The van der Waals surface area contributed by atoms with Crippen molar-refractivity contribution in [3.8, 4) is 12.3 Å². The number of aliphatic hydroxyl groups is 1. The molecule has 4 aliphatic carbocycles. The highest BCUT2D eigenvalue weighted by atomic mass is 16.5. The molecule has 4 aliphatic rings. The molecule has 8 nitrogen and oxygen atoms in total. The molecule has 36 heavy (non-hydrogen) atoms. The van der Waals surface area contributed by atoms with Crippen molar-refractivity contribution in [2.24, 2.45) is 5.92 Å². The van der Waals surface area contributed by atoms with Crippen LogP contribution >= 0.6 is 0 Å². The number of nitrogens with one attached hydrogen (secondary N) is 3. The maximum absolute atomic E-state index is 13.2. The van der Waals surface area contributed by atoms with Gasteiger partial charge in [0, 0.05) is 46.7 Å². The Balaban J connectivity index is 1.33. The van der Waals surface area contributed by atoms with E-state index in [-0.39, 0.29) is 23.4 Å². The van der Waals surface area contributed by atoms with Crippen LogP contribution in [0.1, 0.15) is 73.5 Å². The fourth-order valence-electron chi connectivity index (χ4n) is 4.60. The van der Waals surface area contributed by atoms with E-state index in [9.17, 15) is 15.1 Å². The second-order valence-corrected chi connectivity index (χ2v) is 10.3. The average Bonchev–Trinajstić information content (AvgIpc) is 3.79. The second-order valence-electron chi connectivity index (χ2n) is 10.3. The second kappa shape index (κ2) is 9.82. The lowest BCUT2D eigenvalue weighted by atomic mass is 9.83. The van der Waals surface area contributed by atoms with Gasteiger partial charge in [-0.05, 0) is 69.4 Å². The van der Waals surface area contributed by atoms with Gasteiger partial charge in [-0.1, -0.05) is 5.92 Å². The van der Waals surface area contributed by atoms with Gasteiger partial charge < -0.3 is 25.9 Å². The highest BCUT2D eigenvalue weighted by Gasteiger charge is 2.36. The molecule has 5 rings (SSSR count). The molecule has 1 amide bonds. The summed E-state index contributed by atoms with van der Waals surface area (Å²) in [6.07, 6.45) is 17.3. The smallest absolute Gasteiger partial charge is 0.325 e. The Labute approximate surface area is 211 Å². The molecule has 0 atom stereocenters. The Morgan fingerprint density at radius 2 is 1.97 bits per heavy atom. The summed E-state index contributed by atoms with van der Waals surface area (Å²) in [5.41, 5.74) is 1.18. The zero-order valence-corrected chi connectivity index (χ0v) is 20.3. The lowest BCUT2D eigenvalue weighted by Crippen LogP contribution is -2.45. The lowest BCUT2D eigenvalue weighted by molar-refractivity contribution is -0.910. The Kier molecular flexibility index (Phi) is 6.59. The van der Waals surface area contributed by atoms with Gasteiger partial charge in [-0.2, -0.15) is 0 Å². The lowest BCUT2D eigenvalue weighted by Gasteiger charge is -2.32. The van der Waals surface area contributed by atoms with Gasteiger partial charge in [0.1, 0.15) is 11.4 Å². The predicted molar refractivity (Wildman–Crippen MR) is 133 cm³/mol. The summed E-state index contributed by atoms with van der Waals surface area (Å²) in [7, 11) is 0. The van der Waals surface area contributed by atoms with Gasteiger partial charge in [0.15, 0.2) is 0 Å². The van der Waals surface area contributed by atoms with Crippen LogP contribution in [-0.2, 0) is 4.74 Å². The van der Waals surface area contributed by atoms with Crippen molar-refractivity contribution in [1.82, 2.24) is 10.6 Å². The first kappa shape index (κ1) is 24.1. The molecule has 0 radical (unpaired) electrons. The van der Waals surface area contributed by atoms with E-state index < -0.39 is 11.5 Å². The van der Waals surface area contributed by atoms with Crippen LogP contribution in [0.4, 0.5) is 0 Å². The maximum atomic E-state index is 13.2. The maximum Gasteiger partial charge on any atom is 0.325 e. The van der Waals surface area contributed by atoms with Crippen LogP contribution < -0.4 is 15.4 Å². The molecule has 8 heteroatoms. The summed E-state index contributed by atoms with van der Waals surface area (Å²) in [5, 5.41) is 35.6. The standard InChI is InChI=1S/C28H32N4O4/c1-2-28(34)12-10-21(11-13-28)30-16-20-14-23(26(15-22(20)29)36-17-18-6-7-18)31-27(33)25-5-3-4-24(32(25)35)19-8-9-19/h1,3-5,14-16,18-19,21,29,33-35H,6-13,17H2/p+1/t21-,28-. The molecule has 0 spiro atoms. The Morgan fingerprint density at radius 1 is 1.22 bits per heavy atom. The number of aromatic nitrogens is 1. The quantitative estimate of drug-likeness (QED) is 0.219. The number of carbonyl (C=O) groups is 1. The summed E-state index contributed by atoms with van der Waals surface area (Å²) < 4.78 is 6.96. The van der Waals surface area contributed by atoms with E-state index in [0.717, 1.165) is 48.9 Å². The number of hydrogen-bond donors (Lipinski definition) is 5. The minimum atomic E-state index is -1.03. The third-order valence-corrected chi connectivity index (χ3v) is 7.35. The number of nitrogens with zero attached hydrogens (tertiary/aromatic N) is 1. The average molecular weight is 490 g/mol. The third kappa shape index (κ3) is 5.47. The van der Waals surface area contributed by atoms with E-state index in [1.165, 1.54) is 0 Å². The molecule has 0 unspecified atom stereocenters. The fraction of sp³-hybridized carbons (Fsp3) is 0.464. The molecule has 3 saturated carbocycles. The zero-order chi connectivity index (χ0) is 25.3. The summed E-state index contributed by atoms with van der Waals surface area (Å²) in [4.78, 5) is 13.2. The van der Waals surface area contributed by atoms with Crippen LogP contribution in [0.15, 0.2) is 53.6 Å². The molecule has 1 aromatic rings. The van der Waals surface area contributed by atoms with E-state index in [1.54, 1.807) is 30.5 Å². The Hall–Kier alpha value is -3.57. The normalized spacial score (nSPS) is 27.1. The van der Waals surface area contributed by atoms with Crippen LogP contribution in [0.5, 0.6) is 0 Å². The van der Waals surface area contributed by atoms with Crippen molar-refractivity contribution in [3.05, 3.63) is 65.0 Å². The fourth-order valence-corrected chi connectivity index (χ4v) is 4.60. The van der Waals surface area contributed by atoms with E-state index in [0.29, 0.717) is 42.4 Å². The zero-order valence-electron chi connectivity index (χ0n) is 20.3. The third-order valence-electron chi connectivity index (χ3n) is 7.35. The van der Waals surface area contributed by atoms with Crippen molar-refractivity contribution in [1.29, 1.82) is 5.41 Å². The number of rotatable bonds is 8. The summed E-state index contributed by atoms with van der Waals surface area (Å²) in [6, 6.07) is 5.34. The molecule has 0 aromatic carbocycles. The van der Waals surface area contributed by atoms with Crippen LogP contribution in [0.2, 0.25) is 0 Å². The van der Waals surface area contributed by atoms with Crippen molar-refractivity contribution in [3.63, 3.8) is 0 Å². The summed E-state index contributed by atoms with van der Waals surface area (Å²) >= 11 is 0. The van der Waals surface area contributed by atoms with Gasteiger partial charge in [0.25, 0.3) is 0 Å². The van der Waals surface area contributed by atoms with Crippen molar-refractivity contribution in [2.75, 3.05) is 6.61 Å². The Bertz CT molecular complexity index is 1190. The molecular weight excluding hydrogens is 456 g/mol. The molecule has 1 aromatic heterocycles. The van der Waals surface area contributed by atoms with Gasteiger partial charge >= 0.3 is 11.6 Å².